The zero-order valence-corrected chi connectivity index (χ0v) is 16.9. The SMILES string of the molecule is CCOc1ccccc1NC(=O)c1cn(CC)c(=O)c2cc(OC)c(OC)cc12. The maximum Gasteiger partial charge on any atom is 0.258 e. The number of methoxy groups -OCH3 is 2. The van der Waals surface area contributed by atoms with Crippen LogP contribution in [0.3, 0.4) is 0 Å². The number of aryl methyl sites for hydroxylation is 1. The molecule has 0 atom stereocenters. The van der Waals surface area contributed by atoms with Crippen molar-refractivity contribution in [2.75, 3.05) is 26.1 Å². The molecule has 3 aromatic rings. The van der Waals surface area contributed by atoms with E-state index in [4.69, 9.17) is 14.2 Å². The van der Waals surface area contributed by atoms with Gasteiger partial charge < -0.3 is 24.1 Å². The van der Waals surface area contributed by atoms with E-state index < -0.39 is 0 Å². The minimum Gasteiger partial charge on any atom is -0.493 e. The Morgan fingerprint density at radius 1 is 1.00 bits per heavy atom. The van der Waals surface area contributed by atoms with Gasteiger partial charge in [0, 0.05) is 18.1 Å². The van der Waals surface area contributed by atoms with Gasteiger partial charge in [-0.05, 0) is 38.1 Å². The predicted octanol–water partition coefficient (Wildman–Crippen LogP) is 3.69. The molecule has 0 aliphatic heterocycles. The number of hydrogen-bond acceptors (Lipinski definition) is 5. The van der Waals surface area contributed by atoms with Crippen LogP contribution in [0, 0.1) is 0 Å². The molecule has 0 spiro atoms. The number of nitrogens with one attached hydrogen (secondary N) is 1. The number of para-hydroxylation sites is 2. The van der Waals surface area contributed by atoms with E-state index in [0.717, 1.165) is 0 Å². The van der Waals surface area contributed by atoms with E-state index in [1.165, 1.54) is 18.8 Å². The standard InChI is InChI=1S/C22H24N2O5/c1-5-24-13-16(21(25)23-17-9-7-8-10-18(17)29-6-2)14-11-19(27-3)20(28-4)12-15(14)22(24)26/h7-13H,5-6H2,1-4H3,(H,23,25). The van der Waals surface area contributed by atoms with Gasteiger partial charge in [0.1, 0.15) is 5.75 Å². The molecule has 0 bridgehead atoms. The number of carbonyl (C=O) groups is 1. The van der Waals surface area contributed by atoms with Gasteiger partial charge in [-0.25, -0.2) is 0 Å². The van der Waals surface area contributed by atoms with E-state index in [1.807, 2.05) is 26.0 Å². The molecule has 7 nitrogen and oxygen atoms in total. The number of fused-ring (bicyclic) bond motifs is 1. The summed E-state index contributed by atoms with van der Waals surface area (Å²) in [6.07, 6.45) is 1.56. The van der Waals surface area contributed by atoms with Crippen molar-refractivity contribution in [2.45, 2.75) is 20.4 Å². The molecule has 0 radical (unpaired) electrons. The number of aromatic nitrogens is 1. The first-order valence-electron chi connectivity index (χ1n) is 9.36. The number of anilines is 1. The van der Waals surface area contributed by atoms with Crippen molar-refractivity contribution in [1.82, 2.24) is 4.57 Å². The summed E-state index contributed by atoms with van der Waals surface area (Å²) in [6.45, 7) is 4.63. The molecule has 0 saturated carbocycles. The third-order valence-corrected chi connectivity index (χ3v) is 4.61. The largest absolute Gasteiger partial charge is 0.493 e. The molecule has 0 fully saturated rings. The van der Waals surface area contributed by atoms with Crippen LogP contribution >= 0.6 is 0 Å². The van der Waals surface area contributed by atoms with Crippen molar-refractivity contribution >= 4 is 22.4 Å². The highest BCUT2D eigenvalue weighted by Gasteiger charge is 2.19. The van der Waals surface area contributed by atoms with E-state index in [0.29, 0.717) is 52.4 Å². The van der Waals surface area contributed by atoms with Crippen molar-refractivity contribution in [1.29, 1.82) is 0 Å². The van der Waals surface area contributed by atoms with Crippen molar-refractivity contribution in [2.24, 2.45) is 0 Å². The molecule has 1 heterocycles. The van der Waals surface area contributed by atoms with Crippen LogP contribution in [-0.2, 0) is 6.54 Å². The number of pyridine rings is 1. The second-order valence-electron chi connectivity index (χ2n) is 6.27. The van der Waals surface area contributed by atoms with Gasteiger partial charge in [0.05, 0.1) is 37.5 Å². The van der Waals surface area contributed by atoms with E-state index in [1.54, 1.807) is 30.5 Å². The Hall–Kier alpha value is -3.48. The summed E-state index contributed by atoms with van der Waals surface area (Å²) in [6, 6.07) is 10.5. The number of rotatable bonds is 7. The van der Waals surface area contributed by atoms with Crippen LogP contribution in [0.1, 0.15) is 24.2 Å². The first kappa shape index (κ1) is 20.3. The van der Waals surface area contributed by atoms with Crippen molar-refractivity contribution < 1.29 is 19.0 Å². The molecule has 7 heteroatoms. The van der Waals surface area contributed by atoms with Crippen LogP contribution in [0.4, 0.5) is 5.69 Å². The van der Waals surface area contributed by atoms with Crippen LogP contribution in [0.5, 0.6) is 17.2 Å². The lowest BCUT2D eigenvalue weighted by molar-refractivity contribution is 0.102. The van der Waals surface area contributed by atoms with Crippen LogP contribution in [0.2, 0.25) is 0 Å². The Labute approximate surface area is 168 Å². The van der Waals surface area contributed by atoms with Gasteiger partial charge in [0.15, 0.2) is 11.5 Å². The topological polar surface area (TPSA) is 78.8 Å². The molecule has 1 amide bonds. The summed E-state index contributed by atoms with van der Waals surface area (Å²) in [5.74, 6) is 1.10. The Balaban J connectivity index is 2.16. The maximum absolute atomic E-state index is 13.2. The predicted molar refractivity (Wildman–Crippen MR) is 113 cm³/mol. The lowest BCUT2D eigenvalue weighted by Gasteiger charge is -2.15. The number of ether oxygens (including phenoxy) is 3. The molecule has 152 valence electrons. The number of hydrogen-bond donors (Lipinski definition) is 1. The summed E-state index contributed by atoms with van der Waals surface area (Å²) in [5, 5.41) is 3.76. The van der Waals surface area contributed by atoms with Gasteiger partial charge >= 0.3 is 0 Å². The smallest absolute Gasteiger partial charge is 0.258 e. The van der Waals surface area contributed by atoms with Crippen LogP contribution in [0.15, 0.2) is 47.4 Å². The molecule has 1 N–H and O–H groups in total. The first-order valence-corrected chi connectivity index (χ1v) is 9.36. The minimum atomic E-state index is -0.350. The third-order valence-electron chi connectivity index (χ3n) is 4.61. The van der Waals surface area contributed by atoms with Crippen LogP contribution in [0.25, 0.3) is 10.8 Å². The van der Waals surface area contributed by atoms with E-state index in [9.17, 15) is 9.59 Å². The van der Waals surface area contributed by atoms with E-state index >= 15 is 0 Å². The summed E-state index contributed by atoms with van der Waals surface area (Å²) in [4.78, 5) is 26.0. The molecule has 3 rings (SSSR count). The quantitative estimate of drug-likeness (QED) is 0.659. The zero-order chi connectivity index (χ0) is 21.0. The van der Waals surface area contributed by atoms with Crippen molar-refractivity contribution in [3.05, 3.63) is 58.5 Å². The summed E-state index contributed by atoms with van der Waals surface area (Å²) < 4.78 is 17.8. The fourth-order valence-corrected chi connectivity index (χ4v) is 3.17. The van der Waals surface area contributed by atoms with Gasteiger partial charge in [0.2, 0.25) is 0 Å². The van der Waals surface area contributed by atoms with Gasteiger partial charge in [-0.15, -0.1) is 0 Å². The van der Waals surface area contributed by atoms with Gasteiger partial charge in [-0.3, -0.25) is 9.59 Å². The van der Waals surface area contributed by atoms with Crippen molar-refractivity contribution in [3.63, 3.8) is 0 Å². The fourth-order valence-electron chi connectivity index (χ4n) is 3.17. The second-order valence-corrected chi connectivity index (χ2v) is 6.27. The molecule has 0 saturated heterocycles. The third kappa shape index (κ3) is 3.89. The monoisotopic (exact) mass is 396 g/mol. The minimum absolute atomic E-state index is 0.199. The Kier molecular flexibility index (Phi) is 6.07. The molecule has 0 unspecified atom stereocenters. The van der Waals surface area contributed by atoms with Gasteiger partial charge in [-0.1, -0.05) is 12.1 Å². The highest BCUT2D eigenvalue weighted by Crippen LogP contribution is 2.33. The highest BCUT2D eigenvalue weighted by atomic mass is 16.5. The Bertz CT molecular complexity index is 1100. The average Bonchev–Trinajstić information content (AvgIpc) is 2.74. The molecule has 0 aliphatic rings. The van der Waals surface area contributed by atoms with E-state index in [2.05, 4.69) is 5.32 Å². The molecule has 2 aromatic carbocycles. The highest BCUT2D eigenvalue weighted by molar-refractivity contribution is 6.13. The first-order chi connectivity index (χ1) is 14.0. The molecule has 1 aromatic heterocycles. The lowest BCUT2D eigenvalue weighted by Crippen LogP contribution is -2.23. The van der Waals surface area contributed by atoms with Crippen LogP contribution in [-0.4, -0.2) is 31.3 Å². The lowest BCUT2D eigenvalue weighted by atomic mass is 10.1. The number of benzene rings is 2. The fraction of sp³-hybridized carbons (Fsp3) is 0.273. The van der Waals surface area contributed by atoms with E-state index in [-0.39, 0.29) is 11.5 Å². The summed E-state index contributed by atoms with van der Waals surface area (Å²) in [5.41, 5.74) is 0.714. The average molecular weight is 396 g/mol. The Morgan fingerprint density at radius 3 is 2.28 bits per heavy atom. The summed E-state index contributed by atoms with van der Waals surface area (Å²) >= 11 is 0. The van der Waals surface area contributed by atoms with Gasteiger partial charge in [0.25, 0.3) is 11.5 Å². The summed E-state index contributed by atoms with van der Waals surface area (Å²) in [7, 11) is 3.01. The van der Waals surface area contributed by atoms with Crippen molar-refractivity contribution in [3.8, 4) is 17.2 Å². The normalized spacial score (nSPS) is 10.6. The number of amides is 1. The van der Waals surface area contributed by atoms with Gasteiger partial charge in [-0.2, -0.15) is 0 Å². The molecular weight excluding hydrogens is 372 g/mol. The second kappa shape index (κ2) is 8.68. The zero-order valence-electron chi connectivity index (χ0n) is 16.9. The Morgan fingerprint density at radius 2 is 1.66 bits per heavy atom. The molecule has 0 aliphatic carbocycles. The number of carbonyl (C=O) groups excluding carboxylic acids is 1. The van der Waals surface area contributed by atoms with Crippen LogP contribution < -0.4 is 25.1 Å². The molecular formula is C22H24N2O5. The maximum atomic E-state index is 13.2. The number of nitrogens with zero attached hydrogens (tertiary/aromatic N) is 1. The molecule has 29 heavy (non-hydrogen) atoms.